The molecule has 0 aliphatic rings. The normalized spacial score (nSPS) is 16.7. The van der Waals surface area contributed by atoms with Gasteiger partial charge in [-0.05, 0) is 41.5 Å². The first-order valence-electron chi connectivity index (χ1n) is 12.5. The molecule has 0 heterocycles. The molecular weight excluding hydrogens is 803 g/mol. The van der Waals surface area contributed by atoms with Gasteiger partial charge in [0, 0.05) is 18.3 Å². The molecule has 0 aliphatic heterocycles. The lowest BCUT2D eigenvalue weighted by atomic mass is 9.85. The lowest BCUT2D eigenvalue weighted by molar-refractivity contribution is -0.481. The van der Waals surface area contributed by atoms with Crippen LogP contribution in [0.1, 0.15) is 41.5 Å². The molecule has 0 fully saturated rings. The van der Waals surface area contributed by atoms with Crippen LogP contribution in [0.2, 0.25) is 0 Å². The van der Waals surface area contributed by atoms with Gasteiger partial charge in [-0.15, -0.1) is 0 Å². The second-order valence-corrected chi connectivity index (χ2v) is 13.3. The summed E-state index contributed by atoms with van der Waals surface area (Å²) in [5.41, 5.74) is -7.30. The fraction of sp³-hybridized carbons (Fsp3) is 1.00. The van der Waals surface area contributed by atoms with Crippen LogP contribution in [-0.4, -0.2) is 98.1 Å². The summed E-state index contributed by atoms with van der Waals surface area (Å²) >= 11 is 0. The third-order valence-electron chi connectivity index (χ3n) is 5.86. The summed E-state index contributed by atoms with van der Waals surface area (Å²) in [6.07, 6.45) is -14.1. The third-order valence-corrected chi connectivity index (χ3v) is 9.28. The first-order valence-corrected chi connectivity index (χ1v) is 14.2. The first-order chi connectivity index (χ1) is 21.2. The fourth-order valence-corrected chi connectivity index (χ4v) is 6.40. The second kappa shape index (κ2) is 13.0. The highest BCUT2D eigenvalue weighted by Crippen LogP contribution is 2.68. The maximum atomic E-state index is 15.3. The van der Waals surface area contributed by atoms with Crippen LogP contribution in [0.5, 0.6) is 0 Å². The molecule has 0 aromatic carbocycles. The molecule has 0 rings (SSSR count). The predicted octanol–water partition coefficient (Wildman–Crippen LogP) is 10.3. The molecule has 29 heteroatoms. The van der Waals surface area contributed by atoms with Crippen LogP contribution in [0.25, 0.3) is 0 Å². The summed E-state index contributed by atoms with van der Waals surface area (Å²) in [5, 5.41) is 0. The minimum absolute atomic E-state index is 0.608. The molecule has 50 heavy (non-hydrogen) atoms. The summed E-state index contributed by atoms with van der Waals surface area (Å²) in [6.45, 7) is 3.65. The second-order valence-electron chi connectivity index (χ2n) is 10.9. The van der Waals surface area contributed by atoms with Gasteiger partial charge >= 0.3 is 79.8 Å². The Morgan fingerprint density at radius 3 is 0.600 bits per heavy atom. The van der Waals surface area contributed by atoms with Gasteiger partial charge in [-0.1, -0.05) is 0 Å². The average Bonchev–Trinajstić information content (AvgIpc) is 2.85. The summed E-state index contributed by atoms with van der Waals surface area (Å²) < 4.78 is 360. The topological polar surface area (TPSA) is 27.7 Å². The third kappa shape index (κ3) is 6.47. The van der Waals surface area contributed by atoms with Crippen molar-refractivity contribution in [3.05, 3.63) is 0 Å². The van der Waals surface area contributed by atoms with Crippen LogP contribution in [0, 0.1) is 0 Å². The molecule has 0 aromatic heterocycles. The Morgan fingerprint density at radius 2 is 0.440 bits per heavy atom. The highest BCUT2D eigenvalue weighted by atomic mass is 28.4. The van der Waals surface area contributed by atoms with Crippen LogP contribution >= 0.6 is 0 Å². The van der Waals surface area contributed by atoms with Gasteiger partial charge in [0.2, 0.25) is 0 Å². The molecule has 0 aliphatic carbocycles. The Bertz CT molecular complexity index is 1150. The monoisotopic (exact) mass is 824 g/mol. The van der Waals surface area contributed by atoms with Crippen molar-refractivity contribution in [2.75, 3.05) is 0 Å². The van der Waals surface area contributed by atoms with Crippen LogP contribution in [0.3, 0.4) is 0 Å². The predicted molar refractivity (Wildman–Crippen MR) is 115 cm³/mol. The van der Waals surface area contributed by atoms with Crippen molar-refractivity contribution in [1.82, 2.24) is 0 Å². The molecule has 0 radical (unpaired) electrons. The van der Waals surface area contributed by atoms with E-state index in [9.17, 15) is 101 Å². The summed E-state index contributed by atoms with van der Waals surface area (Å²) in [7, 11) is -7.23. The SMILES string of the molecule is CC(C)O[Si](OC(C)C)(OC(C)C)C(F)(F)C(F)(F)C(F)(F)C(F)(F)C(F)(F)C(F)(F)C(F)(F)C(F)(F)C(F)(F)C(F)(F)C(F)(F)C(F)(F)F. The van der Waals surface area contributed by atoms with Crippen LogP contribution in [-0.2, 0) is 13.3 Å². The van der Waals surface area contributed by atoms with Crippen molar-refractivity contribution < 1.29 is 123 Å². The highest BCUT2D eigenvalue weighted by molar-refractivity contribution is 6.64. The minimum Gasteiger partial charge on any atom is -0.367 e. The molecule has 0 bridgehead atoms. The van der Waals surface area contributed by atoms with E-state index in [1.54, 1.807) is 0 Å². The number of rotatable bonds is 17. The number of hydrogen-bond acceptors (Lipinski definition) is 3. The summed E-state index contributed by atoms with van der Waals surface area (Å²) in [5.74, 6) is -92.5. The van der Waals surface area contributed by atoms with E-state index in [0.29, 0.717) is 41.5 Å². The van der Waals surface area contributed by atoms with E-state index in [4.69, 9.17) is 0 Å². The molecule has 3 nitrogen and oxygen atoms in total. The molecule has 0 saturated carbocycles. The van der Waals surface area contributed by atoms with Crippen molar-refractivity contribution >= 4 is 8.80 Å². The smallest absolute Gasteiger partial charge is 0.367 e. The zero-order valence-electron chi connectivity index (χ0n) is 24.9. The van der Waals surface area contributed by atoms with E-state index in [-0.39, 0.29) is 0 Å². The maximum absolute atomic E-state index is 15.3. The van der Waals surface area contributed by atoms with E-state index in [1.807, 2.05) is 0 Å². The molecule has 0 atom stereocenters. The molecule has 302 valence electrons. The van der Waals surface area contributed by atoms with Crippen molar-refractivity contribution in [3.8, 4) is 0 Å². The highest BCUT2D eigenvalue weighted by Gasteiger charge is 3.00. The molecule has 0 saturated heterocycles. The molecular formula is C21H21F25O3Si. The number of halogens is 25. The van der Waals surface area contributed by atoms with Gasteiger partial charge in [-0.3, -0.25) is 0 Å². The quantitative estimate of drug-likeness (QED) is 0.108. The summed E-state index contributed by atoms with van der Waals surface area (Å²) in [4.78, 5) is 0. The molecule has 0 N–H and O–H groups in total. The van der Waals surface area contributed by atoms with Crippen molar-refractivity contribution in [2.45, 2.75) is 131 Å². The largest absolute Gasteiger partial charge is 0.582 e. The van der Waals surface area contributed by atoms with Gasteiger partial charge in [0.25, 0.3) is 0 Å². The molecule has 0 amide bonds. The number of alkyl halides is 25. The Balaban J connectivity index is 7.76. The van der Waals surface area contributed by atoms with Crippen LogP contribution < -0.4 is 0 Å². The van der Waals surface area contributed by atoms with E-state index in [0.717, 1.165) is 0 Å². The van der Waals surface area contributed by atoms with Crippen molar-refractivity contribution in [1.29, 1.82) is 0 Å². The van der Waals surface area contributed by atoms with Crippen molar-refractivity contribution in [3.63, 3.8) is 0 Å². The van der Waals surface area contributed by atoms with Gasteiger partial charge < -0.3 is 13.3 Å². The zero-order valence-corrected chi connectivity index (χ0v) is 25.9. The lowest BCUT2D eigenvalue weighted by Crippen LogP contribution is -2.80. The van der Waals surface area contributed by atoms with Gasteiger partial charge in [0.15, 0.2) is 0 Å². The molecule has 0 unspecified atom stereocenters. The molecule has 0 spiro atoms. The fourth-order valence-electron chi connectivity index (χ4n) is 3.38. The zero-order chi connectivity index (χ0) is 41.4. The van der Waals surface area contributed by atoms with Gasteiger partial charge in [0.1, 0.15) is 0 Å². The Kier molecular flexibility index (Phi) is 12.6. The maximum Gasteiger partial charge on any atom is 0.582 e. The van der Waals surface area contributed by atoms with Crippen LogP contribution in [0.15, 0.2) is 0 Å². The Morgan fingerprint density at radius 1 is 0.280 bits per heavy atom. The first kappa shape index (κ1) is 48.3. The summed E-state index contributed by atoms with van der Waals surface area (Å²) in [6, 6.07) is 0. The van der Waals surface area contributed by atoms with Gasteiger partial charge in [-0.25, -0.2) is 0 Å². The number of hydrogen-bond donors (Lipinski definition) is 0. The Labute approximate surface area is 263 Å². The molecule has 0 aromatic rings. The van der Waals surface area contributed by atoms with E-state index < -0.39 is 98.1 Å². The Hall–Kier alpha value is -1.65. The van der Waals surface area contributed by atoms with Crippen molar-refractivity contribution in [2.24, 2.45) is 0 Å². The minimum atomic E-state index is -9.66. The van der Waals surface area contributed by atoms with Crippen LogP contribution in [0.4, 0.5) is 110 Å². The van der Waals surface area contributed by atoms with Gasteiger partial charge in [-0.2, -0.15) is 110 Å². The van der Waals surface area contributed by atoms with E-state index in [1.165, 1.54) is 0 Å². The average molecular weight is 824 g/mol. The van der Waals surface area contributed by atoms with Gasteiger partial charge in [0.05, 0.1) is 0 Å². The standard InChI is InChI=1S/C21H21F25O3Si/c1-7(2)47-50(48-8(3)4,49-9(5)6)21(45,46)19(40,41)17(36,37)15(32,33)13(28,29)11(24,25)10(22,23)12(26,27)14(30,31)16(34,35)18(38,39)20(42,43)44/h7-9H,1-6H3. The van der Waals surface area contributed by atoms with E-state index in [2.05, 4.69) is 13.3 Å². The lowest BCUT2D eigenvalue weighted by Gasteiger charge is -2.47. The van der Waals surface area contributed by atoms with E-state index >= 15 is 8.78 Å².